The summed E-state index contributed by atoms with van der Waals surface area (Å²) >= 11 is 1.84. The van der Waals surface area contributed by atoms with E-state index < -0.39 is 0 Å². The fraction of sp³-hybridized carbons (Fsp3) is 0.875. The predicted molar refractivity (Wildman–Crippen MR) is 94.4 cm³/mol. The molecule has 2 atom stereocenters. The van der Waals surface area contributed by atoms with Crippen molar-refractivity contribution < 1.29 is 4.79 Å². The van der Waals surface area contributed by atoms with Gasteiger partial charge >= 0.3 is 0 Å². The third-order valence-electron chi connectivity index (χ3n) is 4.73. The van der Waals surface area contributed by atoms with Crippen LogP contribution in [-0.4, -0.2) is 61.0 Å². The maximum absolute atomic E-state index is 12.5. The number of amides is 1. The average molecular weight is 327 g/mol. The molecule has 2 fully saturated rings. The number of aliphatic imine (C=N–C) groups is 1. The lowest BCUT2D eigenvalue weighted by atomic mass is 10.1. The highest BCUT2D eigenvalue weighted by Crippen LogP contribution is 2.27. The average Bonchev–Trinajstić information content (AvgIpc) is 3.21. The van der Waals surface area contributed by atoms with Gasteiger partial charge in [-0.1, -0.05) is 19.8 Å². The first kappa shape index (κ1) is 17.4. The minimum absolute atomic E-state index is 0.290. The molecule has 0 bridgehead atoms. The molecule has 0 spiro atoms. The molecular weight excluding hydrogens is 296 g/mol. The molecule has 1 aliphatic carbocycles. The lowest BCUT2D eigenvalue weighted by molar-refractivity contribution is -0.134. The van der Waals surface area contributed by atoms with E-state index in [0.717, 1.165) is 44.9 Å². The van der Waals surface area contributed by atoms with Crippen molar-refractivity contribution in [3.63, 3.8) is 0 Å². The molecule has 2 rings (SSSR count). The standard InChI is InChI=1S/C16H30N4OS/c1-12(22-3)10-18-16(17-2)19-14-8-9-20(11-14)15(21)13-6-4-5-7-13/h12-14H,4-11H2,1-3H3,(H2,17,18,19). The molecule has 2 unspecified atom stereocenters. The first-order valence-corrected chi connectivity index (χ1v) is 9.71. The van der Waals surface area contributed by atoms with E-state index in [1.54, 1.807) is 7.05 Å². The number of carbonyl (C=O) groups is 1. The Balaban J connectivity index is 1.76. The van der Waals surface area contributed by atoms with E-state index in [2.05, 4.69) is 28.8 Å². The van der Waals surface area contributed by atoms with Gasteiger partial charge in [0.05, 0.1) is 0 Å². The van der Waals surface area contributed by atoms with Crippen LogP contribution < -0.4 is 10.6 Å². The lowest BCUT2D eigenvalue weighted by Gasteiger charge is -2.22. The first-order chi connectivity index (χ1) is 10.6. The normalized spacial score (nSPS) is 24.6. The van der Waals surface area contributed by atoms with Crippen LogP contribution in [0.1, 0.15) is 39.0 Å². The number of hydrogen-bond donors (Lipinski definition) is 2. The lowest BCUT2D eigenvalue weighted by Crippen LogP contribution is -2.46. The molecule has 5 nitrogen and oxygen atoms in total. The van der Waals surface area contributed by atoms with Gasteiger partial charge in [-0.15, -0.1) is 0 Å². The van der Waals surface area contributed by atoms with E-state index in [1.165, 1.54) is 12.8 Å². The molecule has 1 heterocycles. The summed E-state index contributed by atoms with van der Waals surface area (Å²) in [6.45, 7) is 4.79. The molecule has 1 saturated heterocycles. The van der Waals surface area contributed by atoms with Crippen LogP contribution in [0.4, 0.5) is 0 Å². The SMILES string of the molecule is CN=C(NCC(C)SC)NC1CCN(C(=O)C2CCCC2)C1. The van der Waals surface area contributed by atoms with Crippen LogP contribution in [0.5, 0.6) is 0 Å². The van der Waals surface area contributed by atoms with Crippen molar-refractivity contribution in [2.24, 2.45) is 10.9 Å². The predicted octanol–water partition coefficient (Wildman–Crippen LogP) is 1.69. The number of hydrogen-bond acceptors (Lipinski definition) is 3. The second-order valence-corrected chi connectivity index (χ2v) is 7.67. The third kappa shape index (κ3) is 4.80. The Morgan fingerprint density at radius 3 is 2.73 bits per heavy atom. The fourth-order valence-corrected chi connectivity index (χ4v) is 3.47. The topological polar surface area (TPSA) is 56.7 Å². The summed E-state index contributed by atoms with van der Waals surface area (Å²) in [7, 11) is 1.80. The minimum atomic E-state index is 0.290. The monoisotopic (exact) mass is 326 g/mol. The van der Waals surface area contributed by atoms with Crippen molar-refractivity contribution >= 4 is 23.6 Å². The summed E-state index contributed by atoms with van der Waals surface area (Å²) in [5, 5.41) is 7.37. The number of nitrogens with zero attached hydrogens (tertiary/aromatic N) is 2. The Kier molecular flexibility index (Phi) is 6.86. The second-order valence-electron chi connectivity index (χ2n) is 6.40. The summed E-state index contributed by atoms with van der Waals surface area (Å²) in [5.41, 5.74) is 0. The first-order valence-electron chi connectivity index (χ1n) is 8.42. The van der Waals surface area contributed by atoms with Gasteiger partial charge in [0.1, 0.15) is 0 Å². The van der Waals surface area contributed by atoms with Gasteiger partial charge in [0.15, 0.2) is 5.96 Å². The Morgan fingerprint density at radius 1 is 1.36 bits per heavy atom. The largest absolute Gasteiger partial charge is 0.355 e. The van der Waals surface area contributed by atoms with E-state index in [9.17, 15) is 4.79 Å². The molecule has 126 valence electrons. The molecule has 6 heteroatoms. The van der Waals surface area contributed by atoms with Gasteiger partial charge in [-0.25, -0.2) is 0 Å². The number of thioether (sulfide) groups is 1. The molecular formula is C16H30N4OS. The van der Waals surface area contributed by atoms with Gasteiger partial charge in [0, 0.05) is 43.9 Å². The zero-order valence-electron chi connectivity index (χ0n) is 14.1. The van der Waals surface area contributed by atoms with E-state index in [0.29, 0.717) is 23.1 Å². The molecule has 1 aliphatic heterocycles. The Labute approximate surface area is 138 Å². The maximum atomic E-state index is 12.5. The number of nitrogens with one attached hydrogen (secondary N) is 2. The second kappa shape index (κ2) is 8.65. The van der Waals surface area contributed by atoms with Gasteiger partial charge in [0.2, 0.25) is 5.91 Å². The zero-order valence-corrected chi connectivity index (χ0v) is 14.9. The molecule has 0 radical (unpaired) electrons. The molecule has 22 heavy (non-hydrogen) atoms. The van der Waals surface area contributed by atoms with E-state index >= 15 is 0 Å². The molecule has 0 aromatic carbocycles. The molecule has 2 aliphatic rings. The number of likely N-dealkylation sites (tertiary alicyclic amines) is 1. The van der Waals surface area contributed by atoms with Gasteiger partial charge in [0.25, 0.3) is 0 Å². The van der Waals surface area contributed by atoms with Gasteiger partial charge in [-0.3, -0.25) is 9.79 Å². The Morgan fingerprint density at radius 2 is 2.09 bits per heavy atom. The summed E-state index contributed by atoms with van der Waals surface area (Å²) < 4.78 is 0. The molecule has 0 aromatic heterocycles. The third-order valence-corrected chi connectivity index (χ3v) is 5.70. The van der Waals surface area contributed by atoms with Crippen LogP contribution in [0.25, 0.3) is 0 Å². The molecule has 0 aromatic rings. The van der Waals surface area contributed by atoms with Gasteiger partial charge in [-0.2, -0.15) is 11.8 Å². The van der Waals surface area contributed by atoms with Crippen molar-refractivity contribution in [3.8, 4) is 0 Å². The van der Waals surface area contributed by atoms with Crippen LogP contribution in [0.3, 0.4) is 0 Å². The highest BCUT2D eigenvalue weighted by Gasteiger charge is 2.32. The quantitative estimate of drug-likeness (QED) is 0.596. The van der Waals surface area contributed by atoms with Crippen molar-refractivity contribution in [3.05, 3.63) is 0 Å². The van der Waals surface area contributed by atoms with Crippen LogP contribution in [0.15, 0.2) is 4.99 Å². The summed E-state index contributed by atoms with van der Waals surface area (Å²) in [5.74, 6) is 1.51. The smallest absolute Gasteiger partial charge is 0.225 e. The highest BCUT2D eigenvalue weighted by atomic mass is 32.2. The van der Waals surface area contributed by atoms with E-state index in [4.69, 9.17) is 0 Å². The summed E-state index contributed by atoms with van der Waals surface area (Å²) in [6, 6.07) is 0.320. The van der Waals surface area contributed by atoms with Crippen molar-refractivity contribution in [1.82, 2.24) is 15.5 Å². The molecule has 1 amide bonds. The molecule has 1 saturated carbocycles. The Bertz CT molecular complexity index is 396. The van der Waals surface area contributed by atoms with Crippen LogP contribution in [0.2, 0.25) is 0 Å². The molecule has 2 N–H and O–H groups in total. The summed E-state index contributed by atoms with van der Waals surface area (Å²) in [4.78, 5) is 18.8. The van der Waals surface area contributed by atoms with Crippen molar-refractivity contribution in [2.75, 3.05) is 32.9 Å². The number of guanidine groups is 1. The number of carbonyl (C=O) groups excluding carboxylic acids is 1. The maximum Gasteiger partial charge on any atom is 0.225 e. The van der Waals surface area contributed by atoms with Crippen molar-refractivity contribution in [1.29, 1.82) is 0 Å². The van der Waals surface area contributed by atoms with E-state index in [1.807, 2.05) is 16.7 Å². The van der Waals surface area contributed by atoms with Gasteiger partial charge < -0.3 is 15.5 Å². The minimum Gasteiger partial charge on any atom is -0.355 e. The number of rotatable bonds is 5. The van der Waals surface area contributed by atoms with Gasteiger partial charge in [-0.05, 0) is 25.5 Å². The fourth-order valence-electron chi connectivity index (χ4n) is 3.22. The highest BCUT2D eigenvalue weighted by molar-refractivity contribution is 7.99. The van der Waals surface area contributed by atoms with E-state index in [-0.39, 0.29) is 0 Å². The van der Waals surface area contributed by atoms with Crippen LogP contribution in [-0.2, 0) is 4.79 Å². The Hall–Kier alpha value is -0.910. The van der Waals surface area contributed by atoms with Crippen molar-refractivity contribution in [2.45, 2.75) is 50.3 Å². The van der Waals surface area contributed by atoms with Crippen LogP contribution in [0, 0.1) is 5.92 Å². The van der Waals surface area contributed by atoms with Crippen LogP contribution >= 0.6 is 11.8 Å². The zero-order chi connectivity index (χ0) is 15.9. The summed E-state index contributed by atoms with van der Waals surface area (Å²) in [6.07, 6.45) is 7.74.